The first-order valence-corrected chi connectivity index (χ1v) is 5.07. The Hall–Kier alpha value is -0.780. The number of hydrogen-bond acceptors (Lipinski definition) is 0. The molecule has 0 fully saturated rings. The summed E-state index contributed by atoms with van der Waals surface area (Å²) >= 11 is 0. The molecule has 0 heteroatoms. The Morgan fingerprint density at radius 2 is 1.15 bits per heavy atom. The molecule has 13 heavy (non-hydrogen) atoms. The van der Waals surface area contributed by atoms with Crippen molar-refractivity contribution in [2.45, 2.75) is 41.5 Å². The van der Waals surface area contributed by atoms with Crippen LogP contribution in [0.1, 0.15) is 41.5 Å². The molecular formula is C13H22. The van der Waals surface area contributed by atoms with Gasteiger partial charge in [-0.3, -0.25) is 0 Å². The van der Waals surface area contributed by atoms with Gasteiger partial charge in [0, 0.05) is 5.41 Å². The van der Waals surface area contributed by atoms with E-state index in [0.717, 1.165) is 0 Å². The topological polar surface area (TPSA) is 0 Å². The van der Waals surface area contributed by atoms with E-state index in [0.29, 0.717) is 0 Å². The Bertz CT molecular complexity index is 213. The summed E-state index contributed by atoms with van der Waals surface area (Å²) in [6.07, 6.45) is 8.90. The first-order chi connectivity index (χ1) is 6.01. The molecule has 0 spiro atoms. The Morgan fingerprint density at radius 3 is 1.46 bits per heavy atom. The van der Waals surface area contributed by atoms with Crippen LogP contribution in [0, 0.1) is 5.41 Å². The fourth-order valence-electron chi connectivity index (χ4n) is 0.998. The van der Waals surface area contributed by atoms with Gasteiger partial charge >= 0.3 is 0 Å². The standard InChI is InChI=1S/C11H16.C2H6/c1-9-5-7-11(3,4)8-6-10(9)2;1-2/h5-8H,1-4H3;1-2H3. The largest absolute Gasteiger partial charge is 0.0748 e. The predicted molar refractivity (Wildman–Crippen MR) is 61.8 cm³/mol. The molecule has 0 bridgehead atoms. The van der Waals surface area contributed by atoms with E-state index in [1.54, 1.807) is 0 Å². The maximum atomic E-state index is 2.25. The lowest BCUT2D eigenvalue weighted by molar-refractivity contribution is 0.626. The summed E-state index contributed by atoms with van der Waals surface area (Å²) < 4.78 is 0. The smallest absolute Gasteiger partial charge is 0.00108 e. The SMILES string of the molecule is CC.CC1=C(C)C=CC(C)(C)C=C1. The second kappa shape index (κ2) is 5.06. The molecule has 1 aliphatic rings. The highest BCUT2D eigenvalue weighted by Gasteiger charge is 2.10. The number of hydrogen-bond donors (Lipinski definition) is 0. The molecular weight excluding hydrogens is 156 g/mol. The summed E-state index contributed by atoms with van der Waals surface area (Å²) in [4.78, 5) is 0. The van der Waals surface area contributed by atoms with Gasteiger partial charge < -0.3 is 0 Å². The van der Waals surface area contributed by atoms with Gasteiger partial charge in [-0.15, -0.1) is 0 Å². The van der Waals surface area contributed by atoms with Crippen molar-refractivity contribution in [2.24, 2.45) is 5.41 Å². The van der Waals surface area contributed by atoms with Crippen LogP contribution in [0.25, 0.3) is 0 Å². The molecule has 0 N–H and O–H groups in total. The zero-order valence-corrected chi connectivity index (χ0v) is 9.81. The molecule has 0 amide bonds. The molecule has 0 aromatic heterocycles. The average Bonchev–Trinajstić information content (AvgIpc) is 2.23. The van der Waals surface area contributed by atoms with E-state index in [4.69, 9.17) is 0 Å². The molecule has 1 rings (SSSR count). The molecule has 1 aliphatic carbocycles. The van der Waals surface area contributed by atoms with Gasteiger partial charge in [-0.25, -0.2) is 0 Å². The molecule has 0 nitrogen and oxygen atoms in total. The Kier molecular flexibility index (Phi) is 4.76. The number of allylic oxidation sites excluding steroid dienone is 6. The van der Waals surface area contributed by atoms with E-state index >= 15 is 0 Å². The summed E-state index contributed by atoms with van der Waals surface area (Å²) in [7, 11) is 0. The quantitative estimate of drug-likeness (QED) is 0.512. The molecule has 0 heterocycles. The Labute approximate surface area is 83.0 Å². The van der Waals surface area contributed by atoms with Crippen molar-refractivity contribution >= 4 is 0 Å². The van der Waals surface area contributed by atoms with Crippen molar-refractivity contribution in [2.75, 3.05) is 0 Å². The van der Waals surface area contributed by atoms with E-state index < -0.39 is 0 Å². The van der Waals surface area contributed by atoms with Gasteiger partial charge in [-0.05, 0) is 25.0 Å². The van der Waals surface area contributed by atoms with Gasteiger partial charge in [0.25, 0.3) is 0 Å². The summed E-state index contributed by atoms with van der Waals surface area (Å²) in [5.41, 5.74) is 2.96. The highest BCUT2D eigenvalue weighted by Crippen LogP contribution is 2.24. The van der Waals surface area contributed by atoms with E-state index in [1.165, 1.54) is 11.1 Å². The summed E-state index contributed by atoms with van der Waals surface area (Å²) in [6, 6.07) is 0. The molecule has 0 aromatic rings. The Morgan fingerprint density at radius 1 is 0.846 bits per heavy atom. The van der Waals surface area contributed by atoms with E-state index in [9.17, 15) is 0 Å². The van der Waals surface area contributed by atoms with Crippen molar-refractivity contribution in [3.8, 4) is 0 Å². The van der Waals surface area contributed by atoms with Gasteiger partial charge in [-0.2, -0.15) is 0 Å². The predicted octanol–water partition coefficient (Wildman–Crippen LogP) is 4.50. The fraction of sp³-hybridized carbons (Fsp3) is 0.538. The first kappa shape index (κ1) is 12.2. The molecule has 0 aliphatic heterocycles. The molecule has 74 valence electrons. The lowest BCUT2D eigenvalue weighted by Gasteiger charge is -2.12. The lowest BCUT2D eigenvalue weighted by Crippen LogP contribution is -2.00. The van der Waals surface area contributed by atoms with Crippen LogP contribution in [0.5, 0.6) is 0 Å². The van der Waals surface area contributed by atoms with Crippen molar-refractivity contribution in [1.82, 2.24) is 0 Å². The zero-order valence-electron chi connectivity index (χ0n) is 9.81. The maximum absolute atomic E-state index is 2.25. The average molecular weight is 178 g/mol. The third-order valence-electron chi connectivity index (χ3n) is 2.15. The van der Waals surface area contributed by atoms with Crippen molar-refractivity contribution in [3.05, 3.63) is 35.5 Å². The van der Waals surface area contributed by atoms with Gasteiger partial charge in [0.05, 0.1) is 0 Å². The third-order valence-corrected chi connectivity index (χ3v) is 2.15. The van der Waals surface area contributed by atoms with Crippen LogP contribution in [-0.4, -0.2) is 0 Å². The second-order valence-corrected chi connectivity index (χ2v) is 3.85. The van der Waals surface area contributed by atoms with E-state index in [1.807, 2.05) is 13.8 Å². The van der Waals surface area contributed by atoms with Crippen LogP contribution < -0.4 is 0 Å². The monoisotopic (exact) mass is 178 g/mol. The third kappa shape index (κ3) is 4.12. The molecule has 0 unspecified atom stereocenters. The maximum Gasteiger partial charge on any atom is 0.00108 e. The minimum Gasteiger partial charge on any atom is -0.0748 e. The van der Waals surface area contributed by atoms with Crippen molar-refractivity contribution in [3.63, 3.8) is 0 Å². The van der Waals surface area contributed by atoms with Crippen LogP contribution >= 0.6 is 0 Å². The van der Waals surface area contributed by atoms with Gasteiger partial charge in [0.15, 0.2) is 0 Å². The fourth-order valence-corrected chi connectivity index (χ4v) is 0.998. The van der Waals surface area contributed by atoms with E-state index in [-0.39, 0.29) is 5.41 Å². The van der Waals surface area contributed by atoms with Crippen LogP contribution in [-0.2, 0) is 0 Å². The van der Waals surface area contributed by atoms with Crippen LogP contribution in [0.3, 0.4) is 0 Å². The van der Waals surface area contributed by atoms with Crippen molar-refractivity contribution < 1.29 is 0 Å². The lowest BCUT2D eigenvalue weighted by atomic mass is 9.93. The van der Waals surface area contributed by atoms with E-state index in [2.05, 4.69) is 52.0 Å². The molecule has 0 saturated carbocycles. The zero-order chi connectivity index (χ0) is 10.5. The van der Waals surface area contributed by atoms with Gasteiger partial charge in [0.2, 0.25) is 0 Å². The molecule has 0 radical (unpaired) electrons. The van der Waals surface area contributed by atoms with Crippen LogP contribution in [0.2, 0.25) is 0 Å². The number of rotatable bonds is 0. The summed E-state index contributed by atoms with van der Waals surface area (Å²) in [5.74, 6) is 0. The van der Waals surface area contributed by atoms with Gasteiger partial charge in [-0.1, -0.05) is 52.0 Å². The molecule has 0 aromatic carbocycles. The summed E-state index contributed by atoms with van der Waals surface area (Å²) in [5, 5.41) is 0. The van der Waals surface area contributed by atoms with Crippen LogP contribution in [0.15, 0.2) is 35.5 Å². The highest BCUT2D eigenvalue weighted by molar-refractivity contribution is 5.35. The molecule has 0 atom stereocenters. The van der Waals surface area contributed by atoms with Gasteiger partial charge in [0.1, 0.15) is 0 Å². The van der Waals surface area contributed by atoms with Crippen LogP contribution in [0.4, 0.5) is 0 Å². The first-order valence-electron chi connectivity index (χ1n) is 5.07. The summed E-state index contributed by atoms with van der Waals surface area (Å²) in [6.45, 7) is 12.7. The minimum absolute atomic E-state index is 0.221. The second-order valence-electron chi connectivity index (χ2n) is 3.85. The highest BCUT2D eigenvalue weighted by atomic mass is 14.1. The Balaban J connectivity index is 0.000000671. The minimum atomic E-state index is 0.221. The molecule has 0 saturated heterocycles. The van der Waals surface area contributed by atoms with Crippen molar-refractivity contribution in [1.29, 1.82) is 0 Å². The normalized spacial score (nSPS) is 19.2.